The van der Waals surface area contributed by atoms with Gasteiger partial charge < -0.3 is 15.0 Å². The molecule has 31 heavy (non-hydrogen) atoms. The number of hydrogen-bond acceptors (Lipinski definition) is 5. The number of non-ortho nitro benzene ring substituents is 1. The van der Waals surface area contributed by atoms with Gasteiger partial charge in [-0.15, -0.1) is 0 Å². The van der Waals surface area contributed by atoms with E-state index in [1.165, 1.54) is 18.2 Å². The lowest BCUT2D eigenvalue weighted by Crippen LogP contribution is -2.35. The quantitative estimate of drug-likeness (QED) is 0.272. The Morgan fingerprint density at radius 1 is 1.13 bits per heavy atom. The minimum absolute atomic E-state index is 0.00735. The third kappa shape index (κ3) is 3.86. The number of rotatable bonds is 6. The van der Waals surface area contributed by atoms with Crippen molar-refractivity contribution in [2.75, 3.05) is 6.54 Å². The summed E-state index contributed by atoms with van der Waals surface area (Å²) >= 11 is 0. The first kappa shape index (κ1) is 19.8. The van der Waals surface area contributed by atoms with Gasteiger partial charge in [-0.1, -0.05) is 30.3 Å². The number of aromatic nitrogens is 1. The molecule has 0 bridgehead atoms. The number of fused-ring (bicyclic) bond motifs is 1. The van der Waals surface area contributed by atoms with Crippen molar-refractivity contribution in [3.05, 3.63) is 81.7 Å². The zero-order valence-electron chi connectivity index (χ0n) is 16.0. The molecule has 10 nitrogen and oxygen atoms in total. The Morgan fingerprint density at radius 2 is 1.84 bits per heavy atom. The molecule has 1 aromatic heterocycles. The Morgan fingerprint density at radius 3 is 2.52 bits per heavy atom. The van der Waals surface area contributed by atoms with Crippen LogP contribution in [0.1, 0.15) is 11.1 Å². The van der Waals surface area contributed by atoms with E-state index in [2.05, 4.69) is 5.32 Å². The largest absolute Gasteiger partial charge is 0.480 e. The summed E-state index contributed by atoms with van der Waals surface area (Å²) in [5.41, 5.74) is 2.38. The van der Waals surface area contributed by atoms with E-state index < -0.39 is 29.4 Å². The van der Waals surface area contributed by atoms with Crippen molar-refractivity contribution >= 4 is 40.6 Å². The summed E-state index contributed by atoms with van der Waals surface area (Å²) in [5.74, 6) is -2.00. The second-order valence-electron chi connectivity index (χ2n) is 6.93. The van der Waals surface area contributed by atoms with E-state index in [1.807, 2.05) is 28.8 Å². The molecule has 1 aliphatic heterocycles. The Kier molecular flexibility index (Phi) is 4.96. The summed E-state index contributed by atoms with van der Waals surface area (Å²) in [6.45, 7) is -0.281. The number of urea groups is 1. The van der Waals surface area contributed by atoms with Gasteiger partial charge in [0.15, 0.2) is 0 Å². The van der Waals surface area contributed by atoms with E-state index in [9.17, 15) is 24.5 Å². The van der Waals surface area contributed by atoms with E-state index >= 15 is 0 Å². The Bertz CT molecular complexity index is 1260. The number of para-hydroxylation sites is 1. The number of hydrogen-bond donors (Lipinski definition) is 2. The fraction of sp³-hybridized carbons (Fsp3) is 0.0952. The number of nitro groups is 1. The normalized spacial score (nSPS) is 15.0. The summed E-state index contributed by atoms with van der Waals surface area (Å²) < 4.78 is 1.93. The van der Waals surface area contributed by atoms with E-state index in [4.69, 9.17) is 5.11 Å². The first-order chi connectivity index (χ1) is 14.8. The molecule has 10 heteroatoms. The molecule has 0 saturated carbocycles. The van der Waals surface area contributed by atoms with Gasteiger partial charge in [-0.3, -0.25) is 19.7 Å². The molecule has 4 rings (SSSR count). The first-order valence-electron chi connectivity index (χ1n) is 9.21. The Hall–Kier alpha value is -4.47. The lowest BCUT2D eigenvalue weighted by atomic mass is 10.1. The number of benzene rings is 2. The summed E-state index contributed by atoms with van der Waals surface area (Å²) in [5, 5.41) is 23.0. The molecule has 1 fully saturated rings. The van der Waals surface area contributed by atoms with Crippen LogP contribution in [-0.4, -0.2) is 43.9 Å². The monoisotopic (exact) mass is 420 g/mol. The second-order valence-corrected chi connectivity index (χ2v) is 6.93. The number of carbonyl (C=O) groups is 3. The molecule has 0 atom stereocenters. The Balaban J connectivity index is 1.68. The second kappa shape index (κ2) is 7.75. The van der Waals surface area contributed by atoms with Crippen LogP contribution in [0, 0.1) is 10.1 Å². The predicted molar refractivity (Wildman–Crippen MR) is 110 cm³/mol. The first-order valence-corrected chi connectivity index (χ1v) is 9.21. The van der Waals surface area contributed by atoms with Crippen molar-refractivity contribution in [1.29, 1.82) is 0 Å². The van der Waals surface area contributed by atoms with Crippen molar-refractivity contribution in [3.8, 4) is 0 Å². The van der Waals surface area contributed by atoms with Crippen LogP contribution in [0.5, 0.6) is 0 Å². The molecule has 1 aliphatic rings. The van der Waals surface area contributed by atoms with Gasteiger partial charge in [0, 0.05) is 41.3 Å². The van der Waals surface area contributed by atoms with Crippen molar-refractivity contribution in [2.45, 2.75) is 6.54 Å². The van der Waals surface area contributed by atoms with Crippen LogP contribution in [0.2, 0.25) is 0 Å². The van der Waals surface area contributed by atoms with Gasteiger partial charge in [0.05, 0.1) is 4.92 Å². The van der Waals surface area contributed by atoms with Crippen molar-refractivity contribution < 1.29 is 24.4 Å². The third-order valence-corrected chi connectivity index (χ3v) is 4.88. The summed E-state index contributed by atoms with van der Waals surface area (Å²) in [7, 11) is 0. The summed E-state index contributed by atoms with van der Waals surface area (Å²) in [6, 6.07) is 12.9. The number of amides is 3. The van der Waals surface area contributed by atoms with Gasteiger partial charge in [0.25, 0.3) is 11.6 Å². The maximum atomic E-state index is 12.4. The van der Waals surface area contributed by atoms with Crippen LogP contribution in [0.4, 0.5) is 10.5 Å². The molecule has 156 valence electrons. The van der Waals surface area contributed by atoms with E-state index in [0.29, 0.717) is 17.0 Å². The number of carboxylic acids is 1. The molecule has 3 aromatic rings. The zero-order chi connectivity index (χ0) is 22.1. The van der Waals surface area contributed by atoms with Crippen LogP contribution in [-0.2, 0) is 16.1 Å². The van der Waals surface area contributed by atoms with Crippen molar-refractivity contribution in [1.82, 2.24) is 14.8 Å². The van der Waals surface area contributed by atoms with E-state index in [-0.39, 0.29) is 11.4 Å². The molecule has 3 amide bonds. The van der Waals surface area contributed by atoms with Crippen LogP contribution in [0.25, 0.3) is 17.0 Å². The molecular formula is C21H16N4O6. The van der Waals surface area contributed by atoms with Gasteiger partial charge >= 0.3 is 12.0 Å². The van der Waals surface area contributed by atoms with Crippen LogP contribution in [0.3, 0.4) is 0 Å². The lowest BCUT2D eigenvalue weighted by molar-refractivity contribution is -0.384. The molecule has 1 saturated heterocycles. The smallest absolute Gasteiger partial charge is 0.329 e. The molecule has 0 aliphatic carbocycles. The standard InChI is InChI=1S/C21H16N4O6/c26-19(27)12-24-20(28)17(22-21(24)29)9-14-11-23(18-4-2-1-3-16(14)18)10-13-5-7-15(8-6-13)25(30)31/h1-9,11H,10,12H2,(H,22,29)(H,26,27)/b17-9+. The van der Waals surface area contributed by atoms with Crippen LogP contribution in [0.15, 0.2) is 60.4 Å². The SMILES string of the molecule is O=C(O)CN1C(=O)N/C(=C/c2cn(Cc3ccc([N+](=O)[O-])cc3)c3ccccc23)C1=O. The molecule has 0 unspecified atom stereocenters. The Labute approximate surface area is 175 Å². The molecular weight excluding hydrogens is 404 g/mol. The fourth-order valence-corrected chi connectivity index (χ4v) is 3.45. The number of carbonyl (C=O) groups excluding carboxylic acids is 2. The number of nitro benzene ring substituents is 1. The minimum Gasteiger partial charge on any atom is -0.480 e. The third-order valence-electron chi connectivity index (χ3n) is 4.88. The fourth-order valence-electron chi connectivity index (χ4n) is 3.45. The minimum atomic E-state index is -1.29. The molecule has 2 aromatic carbocycles. The van der Waals surface area contributed by atoms with Gasteiger partial charge in [-0.2, -0.15) is 0 Å². The highest BCUT2D eigenvalue weighted by molar-refractivity contribution is 6.15. The summed E-state index contributed by atoms with van der Waals surface area (Å²) in [4.78, 5) is 46.3. The van der Waals surface area contributed by atoms with Crippen LogP contribution < -0.4 is 5.32 Å². The predicted octanol–water partition coefficient (Wildman–Crippen LogP) is 2.58. The number of imide groups is 1. The molecule has 0 radical (unpaired) electrons. The van der Waals surface area contributed by atoms with Gasteiger partial charge in [0.2, 0.25) is 0 Å². The average molecular weight is 420 g/mol. The van der Waals surface area contributed by atoms with Crippen LogP contribution >= 0.6 is 0 Å². The molecule has 0 spiro atoms. The van der Waals surface area contributed by atoms with Gasteiger partial charge in [-0.05, 0) is 17.7 Å². The highest BCUT2D eigenvalue weighted by Crippen LogP contribution is 2.26. The topological polar surface area (TPSA) is 135 Å². The van der Waals surface area contributed by atoms with Crippen molar-refractivity contribution in [2.24, 2.45) is 0 Å². The van der Waals surface area contributed by atoms with E-state index in [0.717, 1.165) is 16.5 Å². The average Bonchev–Trinajstić information content (AvgIpc) is 3.20. The number of aliphatic carboxylic acids is 1. The molecule has 2 heterocycles. The van der Waals surface area contributed by atoms with E-state index in [1.54, 1.807) is 18.3 Å². The lowest BCUT2D eigenvalue weighted by Gasteiger charge is -2.06. The maximum Gasteiger partial charge on any atom is 0.329 e. The van der Waals surface area contributed by atoms with Gasteiger partial charge in [-0.25, -0.2) is 9.69 Å². The number of nitrogens with zero attached hydrogens (tertiary/aromatic N) is 3. The zero-order valence-corrected chi connectivity index (χ0v) is 16.0. The summed E-state index contributed by atoms with van der Waals surface area (Å²) in [6.07, 6.45) is 3.31. The number of nitrogens with one attached hydrogen (secondary N) is 1. The highest BCUT2D eigenvalue weighted by atomic mass is 16.6. The van der Waals surface area contributed by atoms with Gasteiger partial charge in [0.1, 0.15) is 12.2 Å². The molecule has 2 N–H and O–H groups in total. The van der Waals surface area contributed by atoms with Crippen molar-refractivity contribution in [3.63, 3.8) is 0 Å². The highest BCUT2D eigenvalue weighted by Gasteiger charge is 2.35. The maximum absolute atomic E-state index is 12.4. The number of carboxylic acid groups (broad SMARTS) is 1.